The van der Waals surface area contributed by atoms with Crippen LogP contribution in [0.15, 0.2) is 12.3 Å². The van der Waals surface area contributed by atoms with Crippen molar-refractivity contribution in [3.63, 3.8) is 0 Å². The Kier molecular flexibility index (Phi) is 3.99. The quantitative estimate of drug-likeness (QED) is 0.879. The van der Waals surface area contributed by atoms with E-state index in [9.17, 15) is 9.18 Å². The van der Waals surface area contributed by atoms with Crippen LogP contribution in [0.3, 0.4) is 0 Å². The van der Waals surface area contributed by atoms with Crippen molar-refractivity contribution in [3.8, 4) is 0 Å². The molecule has 1 aliphatic heterocycles. The van der Waals surface area contributed by atoms with Gasteiger partial charge in [-0.15, -0.1) is 0 Å². The smallest absolute Gasteiger partial charge is 0.338 e. The monoisotopic (exact) mass is 267 g/mol. The summed E-state index contributed by atoms with van der Waals surface area (Å²) in [6, 6.07) is 1.29. The number of hydrogen-bond acceptors (Lipinski definition) is 4. The molecule has 0 saturated carbocycles. The summed E-state index contributed by atoms with van der Waals surface area (Å²) >= 11 is 0. The normalized spacial score (nSPS) is 21.2. The fraction of sp³-hybridized carbons (Fsp3) is 0.538. The van der Waals surface area contributed by atoms with Crippen molar-refractivity contribution in [2.45, 2.75) is 19.4 Å². The van der Waals surface area contributed by atoms with Crippen LogP contribution in [0.5, 0.6) is 0 Å². The van der Waals surface area contributed by atoms with Crippen molar-refractivity contribution in [1.82, 2.24) is 9.88 Å². The molecule has 104 valence electrons. The first-order valence-electron chi connectivity index (χ1n) is 6.33. The van der Waals surface area contributed by atoms with Crippen molar-refractivity contribution in [1.29, 1.82) is 0 Å². The second-order valence-electron chi connectivity index (χ2n) is 4.96. The van der Waals surface area contributed by atoms with Gasteiger partial charge in [0.1, 0.15) is 5.56 Å². The largest absolute Gasteiger partial charge is 0.478 e. The Balaban J connectivity index is 2.35. The van der Waals surface area contributed by atoms with Gasteiger partial charge in [-0.2, -0.15) is 0 Å². The lowest BCUT2D eigenvalue weighted by molar-refractivity contribution is 0.0691. The molecule has 1 aromatic heterocycles. The number of aromatic carboxylic acids is 1. The molecule has 19 heavy (non-hydrogen) atoms. The Morgan fingerprint density at radius 3 is 2.95 bits per heavy atom. The van der Waals surface area contributed by atoms with E-state index >= 15 is 0 Å². The first-order chi connectivity index (χ1) is 9.00. The van der Waals surface area contributed by atoms with E-state index in [-0.39, 0.29) is 17.4 Å². The molecule has 1 fully saturated rings. The lowest BCUT2D eigenvalue weighted by atomic mass is 10.2. The summed E-state index contributed by atoms with van der Waals surface area (Å²) in [6.07, 6.45) is 2.25. The minimum absolute atomic E-state index is 0.0959. The second-order valence-corrected chi connectivity index (χ2v) is 4.96. The number of hydrogen-bond donors (Lipinski definition) is 1. The molecule has 0 spiro atoms. The number of carboxylic acid groups (broad SMARTS) is 1. The highest BCUT2D eigenvalue weighted by atomic mass is 19.1. The first-order valence-corrected chi connectivity index (χ1v) is 6.33. The zero-order valence-electron chi connectivity index (χ0n) is 11.1. The van der Waals surface area contributed by atoms with E-state index in [2.05, 4.69) is 9.88 Å². The molecule has 2 heterocycles. The van der Waals surface area contributed by atoms with Gasteiger partial charge in [-0.3, -0.25) is 0 Å². The number of nitrogens with zero attached hydrogens (tertiary/aromatic N) is 3. The lowest BCUT2D eigenvalue weighted by Crippen LogP contribution is -2.39. The zero-order valence-corrected chi connectivity index (χ0v) is 11.1. The van der Waals surface area contributed by atoms with Gasteiger partial charge in [0.2, 0.25) is 0 Å². The Bertz CT molecular complexity index is 481. The molecule has 2 rings (SSSR count). The predicted octanol–water partition coefficient (Wildman–Crippen LogP) is 1.45. The van der Waals surface area contributed by atoms with Gasteiger partial charge in [0.15, 0.2) is 11.6 Å². The SMILES string of the molecule is CC1CN(C)CCCN1c1nccc(C(=O)O)c1F. The minimum atomic E-state index is -1.26. The zero-order chi connectivity index (χ0) is 14.0. The molecule has 6 heteroatoms. The maximum atomic E-state index is 14.2. The van der Waals surface area contributed by atoms with Gasteiger partial charge < -0.3 is 14.9 Å². The van der Waals surface area contributed by atoms with Crippen LogP contribution in [0.4, 0.5) is 10.2 Å². The molecule has 5 nitrogen and oxygen atoms in total. The molecule has 0 aromatic carbocycles. The van der Waals surface area contributed by atoms with Gasteiger partial charge >= 0.3 is 5.97 Å². The number of likely N-dealkylation sites (N-methyl/N-ethyl adjacent to an activating group) is 1. The van der Waals surface area contributed by atoms with Crippen molar-refractivity contribution in [3.05, 3.63) is 23.6 Å². The molecule has 1 unspecified atom stereocenters. The van der Waals surface area contributed by atoms with Crippen LogP contribution in [0.2, 0.25) is 0 Å². The second kappa shape index (κ2) is 5.52. The van der Waals surface area contributed by atoms with Crippen molar-refractivity contribution < 1.29 is 14.3 Å². The average molecular weight is 267 g/mol. The highest BCUT2D eigenvalue weighted by molar-refractivity contribution is 5.88. The number of pyridine rings is 1. The molecular formula is C13H18FN3O2. The van der Waals surface area contributed by atoms with E-state index in [0.717, 1.165) is 19.5 Å². The van der Waals surface area contributed by atoms with Gasteiger partial charge in [-0.25, -0.2) is 14.2 Å². The molecule has 1 N–H and O–H groups in total. The Hall–Kier alpha value is -1.69. The van der Waals surface area contributed by atoms with Gasteiger partial charge in [-0.1, -0.05) is 0 Å². The van der Waals surface area contributed by atoms with Gasteiger partial charge in [0.05, 0.1) is 0 Å². The minimum Gasteiger partial charge on any atom is -0.478 e. The molecule has 0 aliphatic carbocycles. The molecule has 0 amide bonds. The maximum absolute atomic E-state index is 14.2. The number of rotatable bonds is 2. The summed E-state index contributed by atoms with van der Waals surface area (Å²) in [7, 11) is 2.03. The van der Waals surface area contributed by atoms with Crippen LogP contribution in [0, 0.1) is 5.82 Å². The summed E-state index contributed by atoms with van der Waals surface area (Å²) in [6.45, 7) is 4.42. The standard InChI is InChI=1S/C13H18FN3O2/c1-9-8-16(2)6-3-7-17(9)12-11(14)10(13(18)19)4-5-15-12/h4-5,9H,3,6-8H2,1-2H3,(H,18,19). The van der Waals surface area contributed by atoms with Gasteiger partial charge in [0.25, 0.3) is 0 Å². The van der Waals surface area contributed by atoms with Crippen molar-refractivity contribution in [2.75, 3.05) is 31.6 Å². The third-order valence-corrected chi connectivity index (χ3v) is 3.42. The molecule has 1 saturated heterocycles. The topological polar surface area (TPSA) is 56.7 Å². The number of carbonyl (C=O) groups is 1. The van der Waals surface area contributed by atoms with Crippen LogP contribution < -0.4 is 4.90 Å². The third kappa shape index (κ3) is 2.84. The predicted molar refractivity (Wildman–Crippen MR) is 70.1 cm³/mol. The van der Waals surface area contributed by atoms with E-state index in [1.165, 1.54) is 12.3 Å². The number of aromatic nitrogens is 1. The third-order valence-electron chi connectivity index (χ3n) is 3.42. The number of halogens is 1. The Morgan fingerprint density at radius 1 is 1.53 bits per heavy atom. The van der Waals surface area contributed by atoms with Crippen LogP contribution in [-0.2, 0) is 0 Å². The molecule has 1 atom stereocenters. The van der Waals surface area contributed by atoms with E-state index in [1.54, 1.807) is 0 Å². The van der Waals surface area contributed by atoms with Gasteiger partial charge in [0, 0.05) is 25.3 Å². The fourth-order valence-corrected chi connectivity index (χ4v) is 2.49. The number of carboxylic acids is 1. The molecule has 0 bridgehead atoms. The molecule has 1 aromatic rings. The molecular weight excluding hydrogens is 249 g/mol. The molecule has 0 radical (unpaired) electrons. The summed E-state index contributed by atoms with van der Waals surface area (Å²) in [5, 5.41) is 8.96. The lowest BCUT2D eigenvalue weighted by Gasteiger charge is -2.29. The summed E-state index contributed by atoms with van der Waals surface area (Å²) in [4.78, 5) is 19.0. The van der Waals surface area contributed by atoms with Crippen molar-refractivity contribution in [2.24, 2.45) is 0 Å². The Labute approximate surface area is 111 Å². The van der Waals surface area contributed by atoms with Crippen LogP contribution in [-0.4, -0.2) is 53.7 Å². The van der Waals surface area contributed by atoms with E-state index in [0.29, 0.717) is 6.54 Å². The van der Waals surface area contributed by atoms with Crippen LogP contribution in [0.1, 0.15) is 23.7 Å². The van der Waals surface area contributed by atoms with Gasteiger partial charge in [-0.05, 0) is 33.0 Å². The first kappa shape index (κ1) is 13.7. The van der Waals surface area contributed by atoms with Crippen LogP contribution >= 0.6 is 0 Å². The highest BCUT2D eigenvalue weighted by Gasteiger charge is 2.25. The summed E-state index contributed by atoms with van der Waals surface area (Å²) in [5.74, 6) is -1.87. The molecule has 1 aliphatic rings. The van der Waals surface area contributed by atoms with E-state index in [4.69, 9.17) is 5.11 Å². The van der Waals surface area contributed by atoms with E-state index < -0.39 is 11.8 Å². The number of anilines is 1. The van der Waals surface area contributed by atoms with Crippen LogP contribution in [0.25, 0.3) is 0 Å². The average Bonchev–Trinajstić information content (AvgIpc) is 2.50. The summed E-state index contributed by atoms with van der Waals surface area (Å²) < 4.78 is 14.2. The highest BCUT2D eigenvalue weighted by Crippen LogP contribution is 2.23. The van der Waals surface area contributed by atoms with E-state index in [1.807, 2.05) is 18.9 Å². The summed E-state index contributed by atoms with van der Waals surface area (Å²) in [5.41, 5.74) is -0.324. The maximum Gasteiger partial charge on any atom is 0.338 e. The Morgan fingerprint density at radius 2 is 2.26 bits per heavy atom. The van der Waals surface area contributed by atoms with Crippen molar-refractivity contribution >= 4 is 11.8 Å². The fourth-order valence-electron chi connectivity index (χ4n) is 2.49.